The van der Waals surface area contributed by atoms with Gasteiger partial charge in [-0.25, -0.2) is 4.98 Å². The molecule has 0 aliphatic rings. The van der Waals surface area contributed by atoms with Gasteiger partial charge in [0.2, 0.25) is 0 Å². The van der Waals surface area contributed by atoms with Crippen LogP contribution in [0.15, 0.2) is 77.1 Å². The molecule has 0 saturated heterocycles. The van der Waals surface area contributed by atoms with Gasteiger partial charge in [-0.15, -0.1) is 11.3 Å². The van der Waals surface area contributed by atoms with Gasteiger partial charge in [0.05, 0.1) is 18.2 Å². The summed E-state index contributed by atoms with van der Waals surface area (Å²) >= 11 is 1.46. The van der Waals surface area contributed by atoms with E-state index in [0.717, 1.165) is 27.4 Å². The maximum absolute atomic E-state index is 12.3. The maximum Gasteiger partial charge on any atom is 0.271 e. The molecule has 3 heterocycles. The van der Waals surface area contributed by atoms with E-state index in [1.807, 2.05) is 48.5 Å². The summed E-state index contributed by atoms with van der Waals surface area (Å²) in [6.07, 6.45) is 5.01. The first kappa shape index (κ1) is 16.2. The Bertz CT molecular complexity index is 993. The fraction of sp³-hybridized carbons (Fsp3) is 0.0500. The van der Waals surface area contributed by atoms with Crippen molar-refractivity contribution in [1.82, 2.24) is 15.3 Å². The molecule has 3 aromatic heterocycles. The molecule has 4 rings (SSSR count). The van der Waals surface area contributed by atoms with Crippen molar-refractivity contribution in [3.05, 3.63) is 83.9 Å². The number of nitrogens with one attached hydrogen (secondary N) is 1. The van der Waals surface area contributed by atoms with Gasteiger partial charge in [-0.05, 0) is 17.7 Å². The van der Waals surface area contributed by atoms with E-state index in [4.69, 9.17) is 4.42 Å². The van der Waals surface area contributed by atoms with E-state index in [-0.39, 0.29) is 5.91 Å². The van der Waals surface area contributed by atoms with E-state index in [2.05, 4.69) is 15.3 Å². The first-order chi connectivity index (χ1) is 12.8. The minimum Gasteiger partial charge on any atom is -0.472 e. The second-order valence-electron chi connectivity index (χ2n) is 5.65. The Labute approximate surface area is 154 Å². The van der Waals surface area contributed by atoms with Crippen LogP contribution in [-0.2, 0) is 6.54 Å². The lowest BCUT2D eigenvalue weighted by atomic mass is 10.2. The van der Waals surface area contributed by atoms with E-state index >= 15 is 0 Å². The minimum atomic E-state index is -0.192. The van der Waals surface area contributed by atoms with Gasteiger partial charge in [0.15, 0.2) is 0 Å². The Kier molecular flexibility index (Phi) is 4.57. The van der Waals surface area contributed by atoms with Crippen molar-refractivity contribution in [3.63, 3.8) is 0 Å². The number of nitrogens with zero attached hydrogens (tertiary/aromatic N) is 2. The number of furan rings is 1. The van der Waals surface area contributed by atoms with Gasteiger partial charge >= 0.3 is 0 Å². The Morgan fingerprint density at radius 2 is 1.96 bits per heavy atom. The fourth-order valence-corrected chi connectivity index (χ4v) is 3.28. The summed E-state index contributed by atoms with van der Waals surface area (Å²) in [6, 6.07) is 15.5. The largest absolute Gasteiger partial charge is 0.472 e. The number of benzene rings is 1. The molecular weight excluding hydrogens is 346 g/mol. The number of hydrogen-bond acceptors (Lipinski definition) is 5. The highest BCUT2D eigenvalue weighted by Gasteiger charge is 2.11. The molecule has 0 fully saturated rings. The molecule has 0 spiro atoms. The van der Waals surface area contributed by atoms with Gasteiger partial charge in [0.25, 0.3) is 5.91 Å². The first-order valence-electron chi connectivity index (χ1n) is 8.06. The number of carbonyl (C=O) groups is 1. The van der Waals surface area contributed by atoms with Gasteiger partial charge < -0.3 is 9.73 Å². The molecule has 0 unspecified atom stereocenters. The number of aromatic nitrogens is 2. The Morgan fingerprint density at radius 3 is 2.69 bits per heavy atom. The highest BCUT2D eigenvalue weighted by atomic mass is 32.1. The lowest BCUT2D eigenvalue weighted by Crippen LogP contribution is -2.23. The lowest BCUT2D eigenvalue weighted by Gasteiger charge is -2.04. The van der Waals surface area contributed by atoms with Crippen LogP contribution in [0.4, 0.5) is 0 Å². The molecule has 0 aliphatic heterocycles. The Balaban J connectivity index is 1.39. The van der Waals surface area contributed by atoms with Crippen molar-refractivity contribution in [2.45, 2.75) is 6.54 Å². The van der Waals surface area contributed by atoms with Crippen LogP contribution in [0.1, 0.15) is 16.1 Å². The molecule has 5 nitrogen and oxygen atoms in total. The summed E-state index contributed by atoms with van der Waals surface area (Å²) < 4.78 is 5.06. The third-order valence-corrected chi connectivity index (χ3v) is 4.74. The molecule has 0 atom stereocenters. The molecule has 1 amide bonds. The zero-order valence-corrected chi connectivity index (χ0v) is 14.6. The zero-order valence-electron chi connectivity index (χ0n) is 13.8. The number of hydrogen-bond donors (Lipinski definition) is 1. The van der Waals surface area contributed by atoms with Crippen LogP contribution in [0, 0.1) is 0 Å². The topological polar surface area (TPSA) is 68.0 Å². The maximum atomic E-state index is 12.3. The number of thiazole rings is 1. The van der Waals surface area contributed by atoms with Crippen molar-refractivity contribution in [1.29, 1.82) is 0 Å². The van der Waals surface area contributed by atoms with Crippen LogP contribution in [-0.4, -0.2) is 15.9 Å². The predicted octanol–water partition coefficient (Wildman–Crippen LogP) is 4.40. The van der Waals surface area contributed by atoms with E-state index < -0.39 is 0 Å². The SMILES string of the molecule is O=C(NCc1ccc(-c2ccoc2)nc1)c1csc(-c2ccccc2)n1. The molecule has 1 N–H and O–H groups in total. The van der Waals surface area contributed by atoms with Crippen LogP contribution < -0.4 is 5.32 Å². The Hall–Kier alpha value is -3.25. The molecule has 0 radical (unpaired) electrons. The molecule has 0 bridgehead atoms. The standard InChI is InChI=1S/C20H15N3O2S/c24-19(18-13-26-20(23-18)15-4-2-1-3-5-15)22-11-14-6-7-17(21-10-14)16-8-9-25-12-16/h1-10,12-13H,11H2,(H,22,24). The summed E-state index contributed by atoms with van der Waals surface area (Å²) in [4.78, 5) is 21.1. The normalized spacial score (nSPS) is 10.6. The molecular formula is C20H15N3O2S. The van der Waals surface area contributed by atoms with Crippen LogP contribution in [0.25, 0.3) is 21.8 Å². The number of carbonyl (C=O) groups excluding carboxylic acids is 1. The summed E-state index contributed by atoms with van der Waals surface area (Å²) in [7, 11) is 0. The van der Waals surface area contributed by atoms with E-state index in [1.54, 1.807) is 24.1 Å². The third-order valence-electron chi connectivity index (χ3n) is 3.85. The van der Waals surface area contributed by atoms with Gasteiger partial charge in [-0.3, -0.25) is 9.78 Å². The Morgan fingerprint density at radius 1 is 1.08 bits per heavy atom. The minimum absolute atomic E-state index is 0.192. The summed E-state index contributed by atoms with van der Waals surface area (Å²) in [5, 5.41) is 5.49. The van der Waals surface area contributed by atoms with E-state index in [9.17, 15) is 4.79 Å². The smallest absolute Gasteiger partial charge is 0.271 e. The number of rotatable bonds is 5. The molecule has 4 aromatic rings. The second-order valence-corrected chi connectivity index (χ2v) is 6.51. The summed E-state index contributed by atoms with van der Waals surface area (Å²) in [6.45, 7) is 0.399. The fourth-order valence-electron chi connectivity index (χ4n) is 2.47. The van der Waals surface area contributed by atoms with Gasteiger partial charge in [0, 0.05) is 29.2 Å². The molecule has 128 valence electrons. The van der Waals surface area contributed by atoms with Crippen molar-refractivity contribution >= 4 is 17.2 Å². The van der Waals surface area contributed by atoms with E-state index in [0.29, 0.717) is 12.2 Å². The van der Waals surface area contributed by atoms with Crippen molar-refractivity contribution in [2.24, 2.45) is 0 Å². The number of amides is 1. The van der Waals surface area contributed by atoms with Gasteiger partial charge in [-0.2, -0.15) is 0 Å². The molecule has 6 heteroatoms. The van der Waals surface area contributed by atoms with Crippen LogP contribution in [0.2, 0.25) is 0 Å². The van der Waals surface area contributed by atoms with Crippen molar-refractivity contribution in [2.75, 3.05) is 0 Å². The van der Waals surface area contributed by atoms with Crippen molar-refractivity contribution in [3.8, 4) is 21.8 Å². The van der Waals surface area contributed by atoms with Gasteiger partial charge in [-0.1, -0.05) is 36.4 Å². The predicted molar refractivity (Wildman–Crippen MR) is 101 cm³/mol. The molecule has 0 saturated carbocycles. The van der Waals surface area contributed by atoms with Crippen LogP contribution in [0.5, 0.6) is 0 Å². The third kappa shape index (κ3) is 3.55. The monoisotopic (exact) mass is 361 g/mol. The average molecular weight is 361 g/mol. The van der Waals surface area contributed by atoms with Crippen molar-refractivity contribution < 1.29 is 9.21 Å². The van der Waals surface area contributed by atoms with Gasteiger partial charge in [0.1, 0.15) is 10.7 Å². The highest BCUT2D eigenvalue weighted by molar-refractivity contribution is 7.13. The molecule has 1 aromatic carbocycles. The number of pyridine rings is 1. The van der Waals surface area contributed by atoms with Crippen LogP contribution in [0.3, 0.4) is 0 Å². The first-order valence-corrected chi connectivity index (χ1v) is 8.94. The average Bonchev–Trinajstić information content (AvgIpc) is 3.39. The quantitative estimate of drug-likeness (QED) is 0.572. The van der Waals surface area contributed by atoms with E-state index in [1.165, 1.54) is 11.3 Å². The summed E-state index contributed by atoms with van der Waals surface area (Å²) in [5.41, 5.74) is 4.12. The molecule has 0 aliphatic carbocycles. The highest BCUT2D eigenvalue weighted by Crippen LogP contribution is 2.23. The van der Waals surface area contributed by atoms with Crippen LogP contribution >= 0.6 is 11.3 Å². The molecule has 26 heavy (non-hydrogen) atoms. The lowest BCUT2D eigenvalue weighted by molar-refractivity contribution is 0.0946. The summed E-state index contributed by atoms with van der Waals surface area (Å²) in [5.74, 6) is -0.192. The second kappa shape index (κ2) is 7.33. The zero-order chi connectivity index (χ0) is 17.8.